The molecule has 1 aromatic carbocycles. The molecule has 1 aromatic heterocycles. The first kappa shape index (κ1) is 9.80. The number of methoxy groups -OCH3 is 1. The van der Waals surface area contributed by atoms with Gasteiger partial charge in [-0.3, -0.25) is 0 Å². The van der Waals surface area contributed by atoms with E-state index in [0.29, 0.717) is 0 Å². The van der Waals surface area contributed by atoms with Crippen LogP contribution < -0.4 is 4.74 Å². The molecule has 0 amide bonds. The highest BCUT2D eigenvalue weighted by Crippen LogP contribution is 2.24. The number of aromatic amines is 1. The molecule has 2 aromatic rings. The smallest absolute Gasteiger partial charge is 0.119 e. The van der Waals surface area contributed by atoms with Gasteiger partial charge in [0.25, 0.3) is 0 Å². The van der Waals surface area contributed by atoms with Crippen molar-refractivity contribution < 1.29 is 9.84 Å². The molecule has 0 radical (unpaired) electrons. The highest BCUT2D eigenvalue weighted by Gasteiger charge is 2.10. The normalized spacial score (nSPS) is 12.4. The second-order valence-corrected chi connectivity index (χ2v) is 3.32. The molecule has 0 fully saturated rings. The van der Waals surface area contributed by atoms with Gasteiger partial charge in [-0.05, 0) is 23.8 Å². The van der Waals surface area contributed by atoms with Crippen LogP contribution in [-0.4, -0.2) is 17.2 Å². The molecule has 0 bridgehead atoms. The molecule has 78 valence electrons. The van der Waals surface area contributed by atoms with Crippen LogP contribution in [-0.2, 0) is 0 Å². The third-order valence-corrected chi connectivity index (χ3v) is 2.35. The Balaban J connectivity index is 2.29. The van der Waals surface area contributed by atoms with Gasteiger partial charge in [0.2, 0.25) is 0 Å². The molecule has 3 nitrogen and oxygen atoms in total. The number of aliphatic hydroxyl groups is 1. The standard InChI is InChI=1S/C12H13NO2/c1-15-11-4-2-3-9(7-11)12(14)10-5-6-13-8-10/h2-8,12-14H,1H3. The molecule has 1 unspecified atom stereocenters. The van der Waals surface area contributed by atoms with Crippen LogP contribution in [0, 0.1) is 0 Å². The molecule has 0 aliphatic carbocycles. The molecule has 0 aliphatic heterocycles. The molecule has 2 rings (SSSR count). The summed E-state index contributed by atoms with van der Waals surface area (Å²) in [7, 11) is 1.61. The number of nitrogens with one attached hydrogen (secondary N) is 1. The highest BCUT2D eigenvalue weighted by atomic mass is 16.5. The maximum Gasteiger partial charge on any atom is 0.119 e. The molecule has 2 N–H and O–H groups in total. The summed E-state index contributed by atoms with van der Waals surface area (Å²) >= 11 is 0. The molecule has 15 heavy (non-hydrogen) atoms. The lowest BCUT2D eigenvalue weighted by Crippen LogP contribution is -1.98. The number of ether oxygens (including phenoxy) is 1. The monoisotopic (exact) mass is 203 g/mol. The lowest BCUT2D eigenvalue weighted by Gasteiger charge is -2.10. The fourth-order valence-corrected chi connectivity index (χ4v) is 1.51. The highest BCUT2D eigenvalue weighted by molar-refractivity contribution is 5.34. The van der Waals surface area contributed by atoms with Gasteiger partial charge in [-0.25, -0.2) is 0 Å². The van der Waals surface area contributed by atoms with Crippen molar-refractivity contribution in [3.8, 4) is 5.75 Å². The van der Waals surface area contributed by atoms with Crippen molar-refractivity contribution in [2.45, 2.75) is 6.10 Å². The van der Waals surface area contributed by atoms with E-state index in [-0.39, 0.29) is 0 Å². The Morgan fingerprint density at radius 2 is 2.13 bits per heavy atom. The average Bonchev–Trinajstić information content (AvgIpc) is 2.81. The third kappa shape index (κ3) is 2.02. The summed E-state index contributed by atoms with van der Waals surface area (Å²) in [6, 6.07) is 9.28. The van der Waals surface area contributed by atoms with Gasteiger partial charge < -0.3 is 14.8 Å². The van der Waals surface area contributed by atoms with E-state index in [4.69, 9.17) is 4.74 Å². The quantitative estimate of drug-likeness (QED) is 0.802. The maximum absolute atomic E-state index is 10.0. The van der Waals surface area contributed by atoms with Crippen LogP contribution in [0.5, 0.6) is 5.75 Å². The largest absolute Gasteiger partial charge is 0.497 e. The van der Waals surface area contributed by atoms with Crippen molar-refractivity contribution in [1.29, 1.82) is 0 Å². The topological polar surface area (TPSA) is 45.2 Å². The SMILES string of the molecule is COc1cccc(C(O)c2cc[nH]c2)c1. The molecule has 0 saturated heterocycles. The molecule has 0 aliphatic rings. The summed E-state index contributed by atoms with van der Waals surface area (Å²) in [5.41, 5.74) is 1.68. The number of hydrogen-bond donors (Lipinski definition) is 2. The fraction of sp³-hybridized carbons (Fsp3) is 0.167. The van der Waals surface area contributed by atoms with Gasteiger partial charge in [0.15, 0.2) is 0 Å². The Morgan fingerprint density at radius 3 is 2.80 bits per heavy atom. The van der Waals surface area contributed by atoms with Gasteiger partial charge in [-0.15, -0.1) is 0 Å². The minimum Gasteiger partial charge on any atom is -0.497 e. The summed E-state index contributed by atoms with van der Waals surface area (Å²) in [6.45, 7) is 0. The van der Waals surface area contributed by atoms with Crippen LogP contribution in [0.25, 0.3) is 0 Å². The van der Waals surface area contributed by atoms with Crippen LogP contribution in [0.1, 0.15) is 17.2 Å². The molecular weight excluding hydrogens is 190 g/mol. The van der Waals surface area contributed by atoms with E-state index in [9.17, 15) is 5.11 Å². The maximum atomic E-state index is 10.0. The van der Waals surface area contributed by atoms with Crippen LogP contribution in [0.4, 0.5) is 0 Å². The van der Waals surface area contributed by atoms with Crippen LogP contribution >= 0.6 is 0 Å². The first-order chi connectivity index (χ1) is 7.31. The Bertz CT molecular complexity index is 423. The van der Waals surface area contributed by atoms with Gasteiger partial charge >= 0.3 is 0 Å². The number of aromatic nitrogens is 1. The van der Waals surface area contributed by atoms with Gasteiger partial charge in [0.1, 0.15) is 11.9 Å². The van der Waals surface area contributed by atoms with E-state index in [2.05, 4.69) is 4.98 Å². The van der Waals surface area contributed by atoms with Crippen LogP contribution in [0.2, 0.25) is 0 Å². The Morgan fingerprint density at radius 1 is 1.27 bits per heavy atom. The van der Waals surface area contributed by atoms with E-state index < -0.39 is 6.10 Å². The molecule has 0 spiro atoms. The second-order valence-electron chi connectivity index (χ2n) is 3.32. The molecule has 3 heteroatoms. The molecule has 1 heterocycles. The summed E-state index contributed by atoms with van der Waals surface area (Å²) in [4.78, 5) is 2.92. The summed E-state index contributed by atoms with van der Waals surface area (Å²) < 4.78 is 5.10. The second kappa shape index (κ2) is 4.19. The lowest BCUT2D eigenvalue weighted by molar-refractivity contribution is 0.220. The Kier molecular flexibility index (Phi) is 2.74. The predicted octanol–water partition coefficient (Wildman–Crippen LogP) is 2.10. The van der Waals surface area contributed by atoms with E-state index in [1.807, 2.05) is 30.3 Å². The van der Waals surface area contributed by atoms with Crippen LogP contribution in [0.3, 0.4) is 0 Å². The molecule has 1 atom stereocenters. The minimum atomic E-state index is -0.605. The number of hydrogen-bond acceptors (Lipinski definition) is 2. The van der Waals surface area contributed by atoms with E-state index in [1.165, 1.54) is 0 Å². The zero-order valence-electron chi connectivity index (χ0n) is 8.47. The number of rotatable bonds is 3. The summed E-state index contributed by atoms with van der Waals surface area (Å²) in [5.74, 6) is 0.752. The number of H-pyrrole nitrogens is 1. The number of aliphatic hydroxyl groups excluding tert-OH is 1. The molecular formula is C12H13NO2. The molecule has 0 saturated carbocycles. The fourth-order valence-electron chi connectivity index (χ4n) is 1.51. The first-order valence-electron chi connectivity index (χ1n) is 4.76. The minimum absolute atomic E-state index is 0.605. The van der Waals surface area contributed by atoms with Crippen molar-refractivity contribution in [3.63, 3.8) is 0 Å². The van der Waals surface area contributed by atoms with Gasteiger partial charge in [-0.1, -0.05) is 12.1 Å². The average molecular weight is 203 g/mol. The zero-order valence-corrected chi connectivity index (χ0v) is 8.47. The Labute approximate surface area is 88.3 Å². The van der Waals surface area contributed by atoms with Gasteiger partial charge in [0.05, 0.1) is 7.11 Å². The van der Waals surface area contributed by atoms with E-state index in [0.717, 1.165) is 16.9 Å². The van der Waals surface area contributed by atoms with Crippen molar-refractivity contribution in [2.24, 2.45) is 0 Å². The number of benzene rings is 1. The van der Waals surface area contributed by atoms with E-state index >= 15 is 0 Å². The van der Waals surface area contributed by atoms with Crippen molar-refractivity contribution >= 4 is 0 Å². The van der Waals surface area contributed by atoms with Gasteiger partial charge in [-0.2, -0.15) is 0 Å². The lowest BCUT2D eigenvalue weighted by atomic mass is 10.0. The van der Waals surface area contributed by atoms with Gasteiger partial charge in [0, 0.05) is 18.0 Å². The van der Waals surface area contributed by atoms with Crippen molar-refractivity contribution in [1.82, 2.24) is 4.98 Å². The first-order valence-corrected chi connectivity index (χ1v) is 4.76. The zero-order chi connectivity index (χ0) is 10.7. The Hall–Kier alpha value is -1.74. The van der Waals surface area contributed by atoms with E-state index in [1.54, 1.807) is 19.5 Å². The summed E-state index contributed by atoms with van der Waals surface area (Å²) in [5, 5.41) is 10.0. The van der Waals surface area contributed by atoms with Crippen molar-refractivity contribution in [2.75, 3.05) is 7.11 Å². The predicted molar refractivity (Wildman–Crippen MR) is 57.8 cm³/mol. The van der Waals surface area contributed by atoms with Crippen LogP contribution in [0.15, 0.2) is 42.7 Å². The summed E-state index contributed by atoms with van der Waals surface area (Å²) in [6.07, 6.45) is 2.97. The third-order valence-electron chi connectivity index (χ3n) is 2.35. The van der Waals surface area contributed by atoms with Crippen molar-refractivity contribution in [3.05, 3.63) is 53.9 Å².